The molecule has 0 aliphatic carbocycles. The van der Waals surface area contributed by atoms with E-state index in [0.717, 1.165) is 5.56 Å². The Morgan fingerprint density at radius 1 is 1.11 bits per heavy atom. The number of likely N-dealkylation sites (N-methyl/N-ethyl adjacent to an activating group) is 1. The summed E-state index contributed by atoms with van der Waals surface area (Å²) in [5, 5.41) is 3.33. The van der Waals surface area contributed by atoms with Crippen molar-refractivity contribution in [1.82, 2.24) is 10.2 Å². The second kappa shape index (κ2) is 10.7. The summed E-state index contributed by atoms with van der Waals surface area (Å²) in [4.78, 5) is 26.8. The second-order valence-corrected chi connectivity index (χ2v) is 6.65. The van der Waals surface area contributed by atoms with E-state index in [1.54, 1.807) is 36.4 Å². The highest BCUT2D eigenvalue weighted by molar-refractivity contribution is 6.30. The van der Waals surface area contributed by atoms with Crippen LogP contribution in [0.1, 0.15) is 25.8 Å². The van der Waals surface area contributed by atoms with E-state index in [0.29, 0.717) is 23.7 Å². The molecule has 2 rings (SSSR count). The third kappa shape index (κ3) is 6.23. The van der Waals surface area contributed by atoms with Gasteiger partial charge in [-0.3, -0.25) is 9.59 Å². The lowest BCUT2D eigenvalue weighted by atomic mass is 10.1. The number of carbonyl (C=O) groups is 2. The Bertz CT molecular complexity index is 781. The van der Waals surface area contributed by atoms with Gasteiger partial charge in [0.25, 0.3) is 5.91 Å². The molecule has 2 aromatic carbocycles. The van der Waals surface area contributed by atoms with Crippen LogP contribution < -0.4 is 10.1 Å². The van der Waals surface area contributed by atoms with Crippen LogP contribution in [0.15, 0.2) is 48.5 Å². The molecule has 0 aliphatic heterocycles. The number of amides is 2. The predicted molar refractivity (Wildman–Crippen MR) is 107 cm³/mol. The highest BCUT2D eigenvalue weighted by Crippen LogP contribution is 2.17. The maximum absolute atomic E-state index is 13.2. The first kappa shape index (κ1) is 21.7. The topological polar surface area (TPSA) is 58.6 Å². The molecule has 2 aromatic rings. The third-order valence-electron chi connectivity index (χ3n) is 4.18. The Kier molecular flexibility index (Phi) is 8.26. The molecule has 2 amide bonds. The summed E-state index contributed by atoms with van der Waals surface area (Å²) in [7, 11) is 0. The minimum absolute atomic E-state index is 0.179. The summed E-state index contributed by atoms with van der Waals surface area (Å²) in [6.45, 7) is 4.08. The van der Waals surface area contributed by atoms with Gasteiger partial charge in [0, 0.05) is 18.1 Å². The van der Waals surface area contributed by atoms with Crippen LogP contribution in [0.3, 0.4) is 0 Å². The molecule has 0 aliphatic rings. The van der Waals surface area contributed by atoms with Crippen LogP contribution in [0, 0.1) is 5.82 Å². The molecular weight excluding hydrogens is 383 g/mol. The highest BCUT2D eigenvalue weighted by Gasteiger charge is 2.28. The summed E-state index contributed by atoms with van der Waals surface area (Å²) < 4.78 is 18.8. The van der Waals surface area contributed by atoms with Crippen molar-refractivity contribution in [3.63, 3.8) is 0 Å². The standard InChI is InChI=1S/C21H24ClFN2O3/c1-3-19(21(27)24-4-2)25(13-15-5-9-17(23)10-6-15)20(26)14-28-18-11-7-16(22)8-12-18/h5-12,19H,3-4,13-14H2,1-2H3,(H,24,27)/t19-/m1/s1. The second-order valence-electron chi connectivity index (χ2n) is 6.21. The van der Waals surface area contributed by atoms with Crippen LogP contribution in [0.2, 0.25) is 5.02 Å². The molecule has 28 heavy (non-hydrogen) atoms. The Labute approximate surface area is 169 Å². The Hall–Kier alpha value is -2.60. The van der Waals surface area contributed by atoms with Gasteiger partial charge in [-0.15, -0.1) is 0 Å². The Morgan fingerprint density at radius 2 is 1.75 bits per heavy atom. The number of ether oxygens (including phenoxy) is 1. The van der Waals surface area contributed by atoms with Crippen molar-refractivity contribution in [1.29, 1.82) is 0 Å². The number of halogens is 2. The van der Waals surface area contributed by atoms with E-state index < -0.39 is 6.04 Å². The summed E-state index contributed by atoms with van der Waals surface area (Å²) in [6.07, 6.45) is 0.444. The molecule has 5 nitrogen and oxygen atoms in total. The fourth-order valence-electron chi connectivity index (χ4n) is 2.76. The van der Waals surface area contributed by atoms with Crippen LogP contribution in [-0.2, 0) is 16.1 Å². The third-order valence-corrected chi connectivity index (χ3v) is 4.43. The van der Waals surface area contributed by atoms with Gasteiger partial charge in [0.1, 0.15) is 17.6 Å². The predicted octanol–water partition coefficient (Wildman–Crippen LogP) is 3.80. The largest absolute Gasteiger partial charge is 0.484 e. The molecule has 0 saturated carbocycles. The summed E-state index contributed by atoms with van der Waals surface area (Å²) >= 11 is 5.85. The van der Waals surface area contributed by atoms with Crippen LogP contribution in [0.25, 0.3) is 0 Å². The van der Waals surface area contributed by atoms with Crippen molar-refractivity contribution in [2.75, 3.05) is 13.2 Å². The number of hydrogen-bond donors (Lipinski definition) is 1. The number of rotatable bonds is 9. The van der Waals surface area contributed by atoms with E-state index in [-0.39, 0.29) is 30.8 Å². The minimum Gasteiger partial charge on any atom is -0.484 e. The molecule has 0 saturated heterocycles. The van der Waals surface area contributed by atoms with Crippen LogP contribution in [-0.4, -0.2) is 35.9 Å². The first-order valence-corrected chi connectivity index (χ1v) is 9.52. The number of nitrogens with zero attached hydrogens (tertiary/aromatic N) is 1. The SMILES string of the molecule is CCNC(=O)[C@@H](CC)N(Cc1ccc(F)cc1)C(=O)COc1ccc(Cl)cc1. The summed E-state index contributed by atoms with van der Waals surface area (Å²) in [6, 6.07) is 11.9. The van der Waals surface area contributed by atoms with E-state index in [4.69, 9.17) is 16.3 Å². The lowest BCUT2D eigenvalue weighted by molar-refractivity contribution is -0.142. The minimum atomic E-state index is -0.647. The Morgan fingerprint density at radius 3 is 2.32 bits per heavy atom. The van der Waals surface area contributed by atoms with Crippen LogP contribution in [0.4, 0.5) is 4.39 Å². The number of carbonyl (C=O) groups excluding carboxylic acids is 2. The normalized spacial score (nSPS) is 11.6. The van der Waals surface area contributed by atoms with E-state index in [9.17, 15) is 14.0 Å². The van der Waals surface area contributed by atoms with Crippen molar-refractivity contribution in [2.45, 2.75) is 32.9 Å². The lowest BCUT2D eigenvalue weighted by Gasteiger charge is -2.30. The van der Waals surface area contributed by atoms with Gasteiger partial charge >= 0.3 is 0 Å². The average molecular weight is 407 g/mol. The van der Waals surface area contributed by atoms with Gasteiger partial charge in [-0.2, -0.15) is 0 Å². The van der Waals surface area contributed by atoms with Gasteiger partial charge in [-0.05, 0) is 55.3 Å². The van der Waals surface area contributed by atoms with Gasteiger partial charge in [-0.25, -0.2) is 4.39 Å². The number of hydrogen-bond acceptors (Lipinski definition) is 3. The van der Waals surface area contributed by atoms with Gasteiger partial charge in [-0.1, -0.05) is 30.7 Å². The van der Waals surface area contributed by atoms with E-state index in [1.807, 2.05) is 13.8 Å². The first-order chi connectivity index (χ1) is 13.4. The molecule has 0 fully saturated rings. The lowest BCUT2D eigenvalue weighted by Crippen LogP contribution is -2.50. The summed E-state index contributed by atoms with van der Waals surface area (Å²) in [5.74, 6) is -0.418. The van der Waals surface area contributed by atoms with Crippen molar-refractivity contribution in [3.05, 3.63) is 64.9 Å². The molecule has 0 spiro atoms. The smallest absolute Gasteiger partial charge is 0.261 e. The fraction of sp³-hybridized carbons (Fsp3) is 0.333. The van der Waals surface area contributed by atoms with Gasteiger partial charge in [0.2, 0.25) is 5.91 Å². The zero-order chi connectivity index (χ0) is 20.5. The highest BCUT2D eigenvalue weighted by atomic mass is 35.5. The zero-order valence-electron chi connectivity index (χ0n) is 16.0. The maximum Gasteiger partial charge on any atom is 0.261 e. The fourth-order valence-corrected chi connectivity index (χ4v) is 2.88. The molecule has 0 aromatic heterocycles. The summed E-state index contributed by atoms with van der Waals surface area (Å²) in [5.41, 5.74) is 0.726. The monoisotopic (exact) mass is 406 g/mol. The van der Waals surface area contributed by atoms with E-state index in [2.05, 4.69) is 5.32 Å². The Balaban J connectivity index is 2.16. The quantitative estimate of drug-likeness (QED) is 0.689. The maximum atomic E-state index is 13.2. The van der Waals surface area contributed by atoms with Crippen molar-refractivity contribution >= 4 is 23.4 Å². The molecule has 0 radical (unpaired) electrons. The zero-order valence-corrected chi connectivity index (χ0v) is 16.7. The molecular formula is C21H24ClFN2O3. The molecule has 0 heterocycles. The molecule has 0 bridgehead atoms. The van der Waals surface area contributed by atoms with Crippen LogP contribution >= 0.6 is 11.6 Å². The van der Waals surface area contributed by atoms with Crippen molar-refractivity contribution in [3.8, 4) is 5.75 Å². The van der Waals surface area contributed by atoms with Gasteiger partial charge in [0.05, 0.1) is 0 Å². The average Bonchev–Trinajstić information content (AvgIpc) is 2.69. The van der Waals surface area contributed by atoms with Gasteiger partial charge < -0.3 is 15.0 Å². The first-order valence-electron chi connectivity index (χ1n) is 9.14. The molecule has 1 N–H and O–H groups in total. The molecule has 7 heteroatoms. The van der Waals surface area contributed by atoms with Gasteiger partial charge in [0.15, 0.2) is 6.61 Å². The molecule has 0 unspecified atom stereocenters. The van der Waals surface area contributed by atoms with E-state index >= 15 is 0 Å². The number of nitrogens with one attached hydrogen (secondary N) is 1. The molecule has 150 valence electrons. The van der Waals surface area contributed by atoms with Crippen molar-refractivity contribution in [2.24, 2.45) is 0 Å². The van der Waals surface area contributed by atoms with E-state index in [1.165, 1.54) is 17.0 Å². The molecule has 1 atom stereocenters. The van der Waals surface area contributed by atoms with Crippen molar-refractivity contribution < 1.29 is 18.7 Å². The van der Waals surface area contributed by atoms with Crippen LogP contribution in [0.5, 0.6) is 5.75 Å². The number of benzene rings is 2.